The summed E-state index contributed by atoms with van der Waals surface area (Å²) in [7, 11) is 1.20. The number of rotatable bonds is 6. The standard InChI is InChI=1S/C14H14Cl2O4/c1-20-14(19)8-12(18)7-11(17)5-3-9-2-4-10(15)6-13(9)16/h2-6,11,17H,7-8H2,1H3. The molecule has 1 atom stereocenters. The molecule has 1 aromatic rings. The van der Waals surface area contributed by atoms with Crippen molar-refractivity contribution in [3.05, 3.63) is 39.9 Å². The first-order chi connectivity index (χ1) is 9.42. The molecule has 0 bridgehead atoms. The largest absolute Gasteiger partial charge is 0.469 e. The van der Waals surface area contributed by atoms with E-state index < -0.39 is 17.9 Å². The molecule has 20 heavy (non-hydrogen) atoms. The quantitative estimate of drug-likeness (QED) is 0.647. The van der Waals surface area contributed by atoms with Crippen LogP contribution in [0.4, 0.5) is 0 Å². The van der Waals surface area contributed by atoms with Crippen molar-refractivity contribution in [2.75, 3.05) is 7.11 Å². The van der Waals surface area contributed by atoms with Gasteiger partial charge in [0.15, 0.2) is 0 Å². The molecule has 0 spiro atoms. The summed E-state index contributed by atoms with van der Waals surface area (Å²) in [5.41, 5.74) is 0.676. The third-order valence-corrected chi connectivity index (χ3v) is 3.03. The van der Waals surface area contributed by atoms with Gasteiger partial charge in [-0.15, -0.1) is 0 Å². The van der Waals surface area contributed by atoms with Crippen molar-refractivity contribution in [3.63, 3.8) is 0 Å². The molecule has 0 aliphatic heterocycles. The molecule has 1 rings (SSSR count). The topological polar surface area (TPSA) is 63.6 Å². The average Bonchev–Trinajstić information content (AvgIpc) is 2.37. The predicted octanol–water partition coefficient (Wildman–Crippen LogP) is 2.89. The van der Waals surface area contributed by atoms with E-state index >= 15 is 0 Å². The molecule has 0 aliphatic carbocycles. The molecule has 4 nitrogen and oxygen atoms in total. The predicted molar refractivity (Wildman–Crippen MR) is 77.8 cm³/mol. The van der Waals surface area contributed by atoms with Gasteiger partial charge in [0.05, 0.1) is 13.2 Å². The second kappa shape index (κ2) is 8.04. The zero-order valence-electron chi connectivity index (χ0n) is 10.8. The van der Waals surface area contributed by atoms with Crippen LogP contribution in [0.25, 0.3) is 6.08 Å². The van der Waals surface area contributed by atoms with Gasteiger partial charge in [-0.05, 0) is 17.7 Å². The first kappa shape index (κ1) is 16.7. The SMILES string of the molecule is COC(=O)CC(=O)CC(O)C=Cc1ccc(Cl)cc1Cl. The van der Waals surface area contributed by atoms with Gasteiger partial charge in [-0.25, -0.2) is 0 Å². The van der Waals surface area contributed by atoms with Crippen LogP contribution in [0.2, 0.25) is 10.0 Å². The van der Waals surface area contributed by atoms with Crippen LogP contribution in [0, 0.1) is 0 Å². The first-order valence-corrected chi connectivity index (χ1v) is 6.57. The van der Waals surface area contributed by atoms with Crippen LogP contribution in [-0.2, 0) is 14.3 Å². The Morgan fingerprint density at radius 1 is 1.40 bits per heavy atom. The minimum Gasteiger partial charge on any atom is -0.469 e. The molecule has 1 N–H and O–H groups in total. The highest BCUT2D eigenvalue weighted by atomic mass is 35.5. The van der Waals surface area contributed by atoms with Crippen LogP contribution >= 0.6 is 23.2 Å². The first-order valence-electron chi connectivity index (χ1n) is 5.82. The Bertz CT molecular complexity index is 526. The van der Waals surface area contributed by atoms with E-state index in [1.165, 1.54) is 13.2 Å². The van der Waals surface area contributed by atoms with Crippen molar-refractivity contribution in [3.8, 4) is 0 Å². The highest BCUT2D eigenvalue weighted by molar-refractivity contribution is 6.35. The Balaban J connectivity index is 2.57. The summed E-state index contributed by atoms with van der Waals surface area (Å²) in [6, 6.07) is 4.95. The van der Waals surface area contributed by atoms with Gasteiger partial charge in [-0.2, -0.15) is 0 Å². The third-order valence-electron chi connectivity index (χ3n) is 2.47. The number of carbonyl (C=O) groups is 2. The van der Waals surface area contributed by atoms with E-state index in [0.717, 1.165) is 0 Å². The van der Waals surface area contributed by atoms with E-state index in [-0.39, 0.29) is 12.8 Å². The second-order valence-electron chi connectivity index (χ2n) is 4.09. The van der Waals surface area contributed by atoms with E-state index in [9.17, 15) is 14.7 Å². The smallest absolute Gasteiger partial charge is 0.313 e. The average molecular weight is 317 g/mol. The van der Waals surface area contributed by atoms with E-state index in [4.69, 9.17) is 23.2 Å². The molecule has 1 unspecified atom stereocenters. The molecule has 0 saturated heterocycles. The highest BCUT2D eigenvalue weighted by Crippen LogP contribution is 2.22. The summed E-state index contributed by atoms with van der Waals surface area (Å²) < 4.78 is 4.37. The van der Waals surface area contributed by atoms with E-state index in [0.29, 0.717) is 15.6 Å². The third kappa shape index (κ3) is 5.74. The number of aliphatic hydroxyl groups is 1. The number of Topliss-reactive ketones (excluding diaryl/α,β-unsaturated/α-hetero) is 1. The van der Waals surface area contributed by atoms with Gasteiger partial charge in [-0.3, -0.25) is 9.59 Å². The van der Waals surface area contributed by atoms with E-state index in [2.05, 4.69) is 4.74 Å². The lowest BCUT2D eigenvalue weighted by Crippen LogP contribution is -2.15. The van der Waals surface area contributed by atoms with Gasteiger partial charge in [0, 0.05) is 16.5 Å². The lowest BCUT2D eigenvalue weighted by molar-refractivity contribution is -0.143. The van der Waals surface area contributed by atoms with Crippen molar-refractivity contribution in [1.82, 2.24) is 0 Å². The number of hydrogen-bond donors (Lipinski definition) is 1. The number of hydrogen-bond acceptors (Lipinski definition) is 4. The summed E-state index contributed by atoms with van der Waals surface area (Å²) >= 11 is 11.7. The molecule has 0 fully saturated rings. The lowest BCUT2D eigenvalue weighted by atomic mass is 10.1. The fourth-order valence-electron chi connectivity index (χ4n) is 1.46. The Kier molecular flexibility index (Phi) is 6.71. The molecule has 0 saturated carbocycles. The Morgan fingerprint density at radius 2 is 2.10 bits per heavy atom. The minimum atomic E-state index is -0.987. The number of methoxy groups -OCH3 is 1. The van der Waals surface area contributed by atoms with Gasteiger partial charge in [-0.1, -0.05) is 41.4 Å². The molecule has 0 aromatic heterocycles. The van der Waals surface area contributed by atoms with E-state index in [1.54, 1.807) is 24.3 Å². The summed E-state index contributed by atoms with van der Waals surface area (Å²) in [5, 5.41) is 10.6. The fraction of sp³-hybridized carbons (Fsp3) is 0.286. The summed E-state index contributed by atoms with van der Waals surface area (Å²) in [5.74, 6) is -1.01. The number of halogens is 2. The maximum Gasteiger partial charge on any atom is 0.313 e. The molecule has 0 aliphatic rings. The van der Waals surface area contributed by atoms with Gasteiger partial charge in [0.25, 0.3) is 0 Å². The van der Waals surface area contributed by atoms with Crippen molar-refractivity contribution >= 4 is 41.0 Å². The Hall–Kier alpha value is -1.36. The number of benzene rings is 1. The summed E-state index contributed by atoms with van der Waals surface area (Å²) in [6.07, 6.45) is 1.54. The van der Waals surface area contributed by atoms with Crippen molar-refractivity contribution in [2.45, 2.75) is 18.9 Å². The van der Waals surface area contributed by atoms with Gasteiger partial charge in [0.1, 0.15) is 12.2 Å². The number of ketones is 1. The van der Waals surface area contributed by atoms with Crippen molar-refractivity contribution < 1.29 is 19.4 Å². The highest BCUT2D eigenvalue weighted by Gasteiger charge is 2.13. The van der Waals surface area contributed by atoms with Crippen LogP contribution in [0.5, 0.6) is 0 Å². The van der Waals surface area contributed by atoms with Gasteiger partial charge >= 0.3 is 5.97 Å². The maximum atomic E-state index is 11.4. The monoisotopic (exact) mass is 316 g/mol. The number of esters is 1. The van der Waals surface area contributed by atoms with Crippen molar-refractivity contribution in [2.24, 2.45) is 0 Å². The summed E-state index contributed by atoms with van der Waals surface area (Å²) in [6.45, 7) is 0. The number of ether oxygens (including phenoxy) is 1. The molecule has 6 heteroatoms. The molecule has 0 amide bonds. The van der Waals surface area contributed by atoms with Gasteiger partial charge < -0.3 is 9.84 Å². The molecular formula is C14H14Cl2O4. The number of carbonyl (C=O) groups excluding carboxylic acids is 2. The second-order valence-corrected chi connectivity index (χ2v) is 4.93. The van der Waals surface area contributed by atoms with Gasteiger partial charge in [0.2, 0.25) is 0 Å². The molecule has 1 aromatic carbocycles. The molecule has 108 valence electrons. The zero-order chi connectivity index (χ0) is 15.1. The molecule has 0 radical (unpaired) electrons. The molecular weight excluding hydrogens is 303 g/mol. The Labute approximate surface area is 126 Å². The number of aliphatic hydroxyl groups excluding tert-OH is 1. The van der Waals surface area contributed by atoms with Crippen LogP contribution in [0.3, 0.4) is 0 Å². The fourth-order valence-corrected chi connectivity index (χ4v) is 1.93. The van der Waals surface area contributed by atoms with E-state index in [1.807, 2.05) is 0 Å². The normalized spacial score (nSPS) is 12.4. The van der Waals surface area contributed by atoms with Crippen LogP contribution < -0.4 is 0 Å². The minimum absolute atomic E-state index is 0.156. The van der Waals surface area contributed by atoms with Crippen LogP contribution in [0.1, 0.15) is 18.4 Å². The maximum absolute atomic E-state index is 11.4. The Morgan fingerprint density at radius 3 is 2.70 bits per heavy atom. The van der Waals surface area contributed by atoms with Crippen molar-refractivity contribution in [1.29, 1.82) is 0 Å². The summed E-state index contributed by atoms with van der Waals surface area (Å²) in [4.78, 5) is 22.3. The zero-order valence-corrected chi connectivity index (χ0v) is 12.3. The van der Waals surface area contributed by atoms with Crippen LogP contribution in [0.15, 0.2) is 24.3 Å². The molecule has 0 heterocycles. The lowest BCUT2D eigenvalue weighted by Gasteiger charge is -2.05. The van der Waals surface area contributed by atoms with Crippen LogP contribution in [-0.4, -0.2) is 30.1 Å².